The molecule has 1 heterocycles. The Labute approximate surface area is 136 Å². The quantitative estimate of drug-likeness (QED) is 0.618. The van der Waals surface area contributed by atoms with Crippen LogP contribution >= 0.6 is 15.9 Å². The smallest absolute Gasteiger partial charge is 0.329 e. The number of hydrogen-bond donors (Lipinski definition) is 2. The predicted molar refractivity (Wildman–Crippen MR) is 85.5 cm³/mol. The maximum atomic E-state index is 12.2. The Balaban J connectivity index is 2.33. The van der Waals surface area contributed by atoms with Crippen LogP contribution in [-0.4, -0.2) is 35.1 Å². The highest BCUT2D eigenvalue weighted by atomic mass is 79.9. The summed E-state index contributed by atoms with van der Waals surface area (Å²) in [5.74, 6) is -0.0432. The van der Waals surface area contributed by atoms with Gasteiger partial charge in [0.15, 0.2) is 11.5 Å². The normalized spacial score (nSPS) is 16.3. The number of amides is 3. The summed E-state index contributed by atoms with van der Waals surface area (Å²) in [7, 11) is 0. The number of nitrogens with zero attached hydrogens (tertiary/aromatic N) is 1. The maximum absolute atomic E-state index is 12.2. The second-order valence-electron chi connectivity index (χ2n) is 4.73. The number of ether oxygens (including phenoxy) is 1. The molecule has 0 saturated carbocycles. The zero-order chi connectivity index (χ0) is 16.3. The van der Waals surface area contributed by atoms with E-state index in [4.69, 9.17) is 4.74 Å². The number of phenols is 1. The van der Waals surface area contributed by atoms with E-state index in [-0.39, 0.29) is 17.4 Å². The highest BCUT2D eigenvalue weighted by Crippen LogP contribution is 2.36. The lowest BCUT2D eigenvalue weighted by atomic mass is 10.1. The van der Waals surface area contributed by atoms with Crippen LogP contribution in [0.3, 0.4) is 0 Å². The molecule has 0 aromatic heterocycles. The Morgan fingerprint density at radius 3 is 2.73 bits per heavy atom. The molecular formula is C15H17BrN2O4. The number of rotatable bonds is 5. The Morgan fingerprint density at radius 2 is 2.09 bits per heavy atom. The molecular weight excluding hydrogens is 352 g/mol. The SMILES string of the molecule is CCCN1C(=O)N/C(=C/c2cc(Br)c(O)c(OCC)c2)C1=O. The van der Waals surface area contributed by atoms with Gasteiger partial charge in [-0.15, -0.1) is 0 Å². The molecule has 0 bridgehead atoms. The van der Waals surface area contributed by atoms with Crippen LogP contribution in [0.5, 0.6) is 11.5 Å². The number of imide groups is 1. The summed E-state index contributed by atoms with van der Waals surface area (Å²) in [5, 5.41) is 12.4. The van der Waals surface area contributed by atoms with Gasteiger partial charge in [-0.2, -0.15) is 0 Å². The molecule has 7 heteroatoms. The average molecular weight is 369 g/mol. The Hall–Kier alpha value is -2.02. The molecule has 118 valence electrons. The predicted octanol–water partition coefficient (Wildman–Crippen LogP) is 2.86. The minimum absolute atomic E-state index is 0.00149. The first-order chi connectivity index (χ1) is 10.5. The van der Waals surface area contributed by atoms with Gasteiger partial charge < -0.3 is 15.2 Å². The summed E-state index contributed by atoms with van der Waals surface area (Å²) in [6.07, 6.45) is 2.26. The van der Waals surface area contributed by atoms with E-state index in [2.05, 4.69) is 21.2 Å². The summed E-state index contributed by atoms with van der Waals surface area (Å²) >= 11 is 3.24. The van der Waals surface area contributed by atoms with Crippen molar-refractivity contribution < 1.29 is 19.4 Å². The first-order valence-electron chi connectivity index (χ1n) is 6.97. The van der Waals surface area contributed by atoms with Crippen molar-refractivity contribution in [1.29, 1.82) is 0 Å². The number of halogens is 1. The molecule has 0 spiro atoms. The molecule has 1 aromatic carbocycles. The molecule has 1 saturated heterocycles. The fourth-order valence-electron chi connectivity index (χ4n) is 2.11. The first kappa shape index (κ1) is 16.4. The number of phenolic OH excluding ortho intramolecular Hbond substituents is 1. The highest BCUT2D eigenvalue weighted by molar-refractivity contribution is 9.10. The van der Waals surface area contributed by atoms with Crippen molar-refractivity contribution in [3.05, 3.63) is 27.9 Å². The number of urea groups is 1. The van der Waals surface area contributed by atoms with Crippen LogP contribution in [0.4, 0.5) is 4.79 Å². The van der Waals surface area contributed by atoms with Gasteiger partial charge in [0.2, 0.25) is 0 Å². The van der Waals surface area contributed by atoms with Gasteiger partial charge in [-0.1, -0.05) is 6.92 Å². The van der Waals surface area contributed by atoms with Gasteiger partial charge in [0.05, 0.1) is 11.1 Å². The van der Waals surface area contributed by atoms with Gasteiger partial charge in [-0.3, -0.25) is 9.69 Å². The number of benzene rings is 1. The summed E-state index contributed by atoms with van der Waals surface area (Å²) in [4.78, 5) is 25.1. The van der Waals surface area contributed by atoms with Crippen LogP contribution in [-0.2, 0) is 4.79 Å². The molecule has 6 nitrogen and oxygen atoms in total. The third-order valence-corrected chi connectivity index (χ3v) is 3.68. The van der Waals surface area contributed by atoms with E-state index < -0.39 is 6.03 Å². The molecule has 2 rings (SSSR count). The van der Waals surface area contributed by atoms with Gasteiger partial charge >= 0.3 is 6.03 Å². The number of carbonyl (C=O) groups is 2. The van der Waals surface area contributed by atoms with Crippen LogP contribution in [0.15, 0.2) is 22.3 Å². The molecule has 0 unspecified atom stereocenters. The fourth-order valence-corrected chi connectivity index (χ4v) is 2.57. The van der Waals surface area contributed by atoms with E-state index in [1.165, 1.54) is 4.90 Å². The van der Waals surface area contributed by atoms with Crippen molar-refractivity contribution in [1.82, 2.24) is 10.2 Å². The van der Waals surface area contributed by atoms with E-state index in [9.17, 15) is 14.7 Å². The van der Waals surface area contributed by atoms with Crippen molar-refractivity contribution in [3.8, 4) is 11.5 Å². The Bertz CT molecular complexity index is 643. The summed E-state index contributed by atoms with van der Waals surface area (Å²) in [6.45, 7) is 4.49. The van der Waals surface area contributed by atoms with Crippen LogP contribution < -0.4 is 10.1 Å². The van der Waals surface area contributed by atoms with Gasteiger partial charge in [-0.25, -0.2) is 4.79 Å². The van der Waals surface area contributed by atoms with Crippen molar-refractivity contribution in [2.45, 2.75) is 20.3 Å². The van der Waals surface area contributed by atoms with E-state index in [1.54, 1.807) is 18.2 Å². The Morgan fingerprint density at radius 1 is 1.36 bits per heavy atom. The minimum Gasteiger partial charge on any atom is -0.503 e. The van der Waals surface area contributed by atoms with Crippen molar-refractivity contribution in [2.24, 2.45) is 0 Å². The molecule has 3 amide bonds. The lowest BCUT2D eigenvalue weighted by Gasteiger charge is -2.09. The second kappa shape index (κ2) is 6.83. The largest absolute Gasteiger partial charge is 0.503 e. The lowest BCUT2D eigenvalue weighted by molar-refractivity contribution is -0.122. The van der Waals surface area contributed by atoms with E-state index in [1.807, 2.05) is 13.8 Å². The van der Waals surface area contributed by atoms with Gasteiger partial charge in [-0.05, 0) is 53.0 Å². The molecule has 1 aromatic rings. The third kappa shape index (κ3) is 3.24. The summed E-state index contributed by atoms with van der Waals surface area (Å²) in [5.41, 5.74) is 0.841. The monoisotopic (exact) mass is 368 g/mol. The molecule has 2 N–H and O–H groups in total. The number of hydrogen-bond acceptors (Lipinski definition) is 4. The first-order valence-corrected chi connectivity index (χ1v) is 7.77. The number of aromatic hydroxyl groups is 1. The van der Waals surface area contributed by atoms with E-state index >= 15 is 0 Å². The van der Waals surface area contributed by atoms with Crippen LogP contribution in [0.25, 0.3) is 6.08 Å². The maximum Gasteiger partial charge on any atom is 0.329 e. The van der Waals surface area contributed by atoms with Gasteiger partial charge in [0, 0.05) is 6.54 Å². The minimum atomic E-state index is -0.416. The second-order valence-corrected chi connectivity index (χ2v) is 5.58. The number of carbonyl (C=O) groups excluding carboxylic acids is 2. The highest BCUT2D eigenvalue weighted by Gasteiger charge is 2.32. The molecule has 1 aliphatic heterocycles. The lowest BCUT2D eigenvalue weighted by Crippen LogP contribution is -2.31. The standard InChI is InChI=1S/C15H17BrN2O4/c1-3-5-18-14(20)11(17-15(18)21)7-9-6-10(16)13(19)12(8-9)22-4-2/h6-8,19H,3-5H2,1-2H3,(H,17,21)/b11-7+. The van der Waals surface area contributed by atoms with E-state index in [0.29, 0.717) is 35.4 Å². The molecule has 1 fully saturated rings. The average Bonchev–Trinajstić information content (AvgIpc) is 2.72. The molecule has 0 aliphatic carbocycles. The van der Waals surface area contributed by atoms with Crippen molar-refractivity contribution in [3.63, 3.8) is 0 Å². The zero-order valence-corrected chi connectivity index (χ0v) is 13.9. The van der Waals surface area contributed by atoms with Gasteiger partial charge in [0.1, 0.15) is 5.70 Å². The van der Waals surface area contributed by atoms with Crippen molar-refractivity contribution >= 4 is 33.9 Å². The molecule has 1 aliphatic rings. The zero-order valence-electron chi connectivity index (χ0n) is 12.4. The molecule has 0 atom stereocenters. The van der Waals surface area contributed by atoms with E-state index in [0.717, 1.165) is 0 Å². The number of nitrogens with one attached hydrogen (secondary N) is 1. The molecule has 22 heavy (non-hydrogen) atoms. The van der Waals surface area contributed by atoms with Gasteiger partial charge in [0.25, 0.3) is 5.91 Å². The summed E-state index contributed by atoms with van der Waals surface area (Å²) < 4.78 is 5.79. The van der Waals surface area contributed by atoms with Crippen LogP contribution in [0.1, 0.15) is 25.8 Å². The Kier molecular flexibility index (Phi) is 5.07. The third-order valence-electron chi connectivity index (χ3n) is 3.07. The van der Waals surface area contributed by atoms with Crippen LogP contribution in [0, 0.1) is 0 Å². The van der Waals surface area contributed by atoms with Crippen molar-refractivity contribution in [2.75, 3.05) is 13.2 Å². The fraction of sp³-hybridized carbons (Fsp3) is 0.333. The summed E-state index contributed by atoms with van der Waals surface area (Å²) in [6, 6.07) is 2.84. The molecule has 0 radical (unpaired) electrons. The van der Waals surface area contributed by atoms with Crippen LogP contribution in [0.2, 0.25) is 0 Å². The topological polar surface area (TPSA) is 78.9 Å².